The number of ketones is 1. The third-order valence-corrected chi connectivity index (χ3v) is 2.93. The largest absolute Gasteiger partial charge is 0.398 e. The molecule has 0 aliphatic heterocycles. The van der Waals surface area contributed by atoms with Gasteiger partial charge in [0.2, 0.25) is 0 Å². The summed E-state index contributed by atoms with van der Waals surface area (Å²) < 4.78 is 26.3. The lowest BCUT2D eigenvalue weighted by Crippen LogP contribution is -2.05. The van der Waals surface area contributed by atoms with Gasteiger partial charge in [0.25, 0.3) is 0 Å². The molecule has 0 bridgehead atoms. The number of nitrogen functional groups attached to an aromatic ring is 1. The number of Topliss-reactive ketones (excluding diaryl/α,β-unsaturated/α-hetero) is 1. The predicted molar refractivity (Wildman–Crippen MR) is 74.5 cm³/mol. The number of carbonyl (C=O) groups is 1. The molecular weight excluding hydrogens is 262 g/mol. The molecule has 0 spiro atoms. The summed E-state index contributed by atoms with van der Waals surface area (Å²) in [6, 6.07) is 8.33. The van der Waals surface area contributed by atoms with Gasteiger partial charge in [-0.1, -0.05) is 6.07 Å². The smallest absolute Gasteiger partial charge is 0.161 e. The van der Waals surface area contributed by atoms with E-state index < -0.39 is 11.6 Å². The van der Waals surface area contributed by atoms with Crippen molar-refractivity contribution in [1.82, 2.24) is 0 Å². The highest BCUT2D eigenvalue weighted by molar-refractivity contribution is 6.00. The number of halogens is 2. The van der Waals surface area contributed by atoms with E-state index in [0.29, 0.717) is 22.5 Å². The Labute approximate surface area is 115 Å². The maximum absolute atomic E-state index is 13.5. The van der Waals surface area contributed by atoms with Crippen molar-refractivity contribution in [2.75, 3.05) is 11.1 Å². The van der Waals surface area contributed by atoms with Crippen LogP contribution in [0.2, 0.25) is 0 Å². The van der Waals surface area contributed by atoms with Crippen LogP contribution in [0.15, 0.2) is 36.4 Å². The first kappa shape index (κ1) is 14.0. The van der Waals surface area contributed by atoms with Gasteiger partial charge in [-0.15, -0.1) is 0 Å². The van der Waals surface area contributed by atoms with E-state index in [-0.39, 0.29) is 12.3 Å². The Kier molecular flexibility index (Phi) is 3.98. The molecule has 2 rings (SSSR count). The number of hydrogen-bond donors (Lipinski definition) is 2. The fourth-order valence-electron chi connectivity index (χ4n) is 1.83. The molecule has 5 heteroatoms. The molecule has 3 N–H and O–H groups in total. The topological polar surface area (TPSA) is 55.1 Å². The minimum absolute atomic E-state index is 0.140. The van der Waals surface area contributed by atoms with E-state index in [9.17, 15) is 13.6 Å². The Bertz CT molecular complexity index is 656. The summed E-state index contributed by atoms with van der Waals surface area (Å²) in [6.07, 6.45) is 0. The third-order valence-electron chi connectivity index (χ3n) is 2.93. The lowest BCUT2D eigenvalue weighted by molar-refractivity contribution is 0.101. The van der Waals surface area contributed by atoms with Gasteiger partial charge in [-0.05, 0) is 31.2 Å². The zero-order chi connectivity index (χ0) is 14.7. The fourth-order valence-corrected chi connectivity index (χ4v) is 1.83. The molecule has 0 radical (unpaired) electrons. The normalized spacial score (nSPS) is 10.3. The van der Waals surface area contributed by atoms with Gasteiger partial charge in [0.15, 0.2) is 5.78 Å². The number of anilines is 2. The van der Waals surface area contributed by atoms with Gasteiger partial charge in [0.05, 0.1) is 0 Å². The third kappa shape index (κ3) is 3.12. The minimum atomic E-state index is -0.613. The van der Waals surface area contributed by atoms with Crippen molar-refractivity contribution in [3.63, 3.8) is 0 Å². The summed E-state index contributed by atoms with van der Waals surface area (Å²) >= 11 is 0. The Hall–Kier alpha value is -2.43. The van der Waals surface area contributed by atoms with Gasteiger partial charge in [0, 0.05) is 35.1 Å². The molecule has 0 saturated heterocycles. The second-order valence-electron chi connectivity index (χ2n) is 4.45. The molecule has 2 aromatic rings. The molecule has 0 heterocycles. The summed E-state index contributed by atoms with van der Waals surface area (Å²) in [5.41, 5.74) is 7.49. The molecule has 2 aromatic carbocycles. The second-order valence-corrected chi connectivity index (χ2v) is 4.45. The minimum Gasteiger partial charge on any atom is -0.398 e. The number of hydrogen-bond acceptors (Lipinski definition) is 3. The lowest BCUT2D eigenvalue weighted by Gasteiger charge is -2.10. The van der Waals surface area contributed by atoms with Gasteiger partial charge < -0.3 is 11.1 Å². The zero-order valence-electron chi connectivity index (χ0n) is 10.9. The van der Waals surface area contributed by atoms with Crippen LogP contribution in [-0.2, 0) is 6.54 Å². The number of rotatable bonds is 4. The highest BCUT2D eigenvalue weighted by Crippen LogP contribution is 2.19. The lowest BCUT2D eigenvalue weighted by atomic mass is 10.1. The number of nitrogens with one attached hydrogen (secondary N) is 1. The van der Waals surface area contributed by atoms with Crippen LogP contribution in [0.4, 0.5) is 20.2 Å². The number of benzene rings is 2. The standard InChI is InChI=1S/C15H14F2N2O/c1-9(20)13-7-12(4-5-15(13)18)19-8-10-2-3-11(16)6-14(10)17/h2-7,19H,8,18H2,1H3. The summed E-state index contributed by atoms with van der Waals surface area (Å²) in [7, 11) is 0. The summed E-state index contributed by atoms with van der Waals surface area (Å²) in [4.78, 5) is 11.4. The highest BCUT2D eigenvalue weighted by Gasteiger charge is 2.07. The Balaban J connectivity index is 2.15. The Morgan fingerprint density at radius 3 is 2.60 bits per heavy atom. The molecular formula is C15H14F2N2O. The van der Waals surface area contributed by atoms with Gasteiger partial charge in [-0.2, -0.15) is 0 Å². The molecule has 0 unspecified atom stereocenters. The van der Waals surface area contributed by atoms with Crippen LogP contribution in [0.5, 0.6) is 0 Å². The summed E-state index contributed by atoms with van der Waals surface area (Å²) in [5, 5.41) is 2.97. The molecule has 0 aromatic heterocycles. The van der Waals surface area contributed by atoms with Crippen LogP contribution >= 0.6 is 0 Å². The molecule has 0 amide bonds. The molecule has 0 atom stereocenters. The zero-order valence-corrected chi connectivity index (χ0v) is 10.9. The Morgan fingerprint density at radius 1 is 1.20 bits per heavy atom. The summed E-state index contributed by atoms with van der Waals surface area (Å²) in [6.45, 7) is 1.61. The maximum Gasteiger partial charge on any atom is 0.161 e. The van der Waals surface area contributed by atoms with Gasteiger partial charge in [-0.25, -0.2) is 8.78 Å². The molecule has 3 nitrogen and oxygen atoms in total. The van der Waals surface area contributed by atoms with Crippen molar-refractivity contribution < 1.29 is 13.6 Å². The monoisotopic (exact) mass is 276 g/mol. The molecule has 104 valence electrons. The van der Waals surface area contributed by atoms with E-state index in [0.717, 1.165) is 6.07 Å². The van der Waals surface area contributed by atoms with Gasteiger partial charge in [-0.3, -0.25) is 4.79 Å². The maximum atomic E-state index is 13.5. The van der Waals surface area contributed by atoms with Crippen molar-refractivity contribution in [3.05, 3.63) is 59.2 Å². The van der Waals surface area contributed by atoms with Crippen LogP contribution < -0.4 is 11.1 Å². The van der Waals surface area contributed by atoms with Crippen LogP contribution in [0.3, 0.4) is 0 Å². The molecule has 20 heavy (non-hydrogen) atoms. The fraction of sp³-hybridized carbons (Fsp3) is 0.133. The molecule has 0 fully saturated rings. The van der Waals surface area contributed by atoms with E-state index in [1.807, 2.05) is 0 Å². The van der Waals surface area contributed by atoms with E-state index in [1.54, 1.807) is 18.2 Å². The van der Waals surface area contributed by atoms with Crippen molar-refractivity contribution in [3.8, 4) is 0 Å². The van der Waals surface area contributed by atoms with Gasteiger partial charge >= 0.3 is 0 Å². The number of nitrogens with two attached hydrogens (primary N) is 1. The predicted octanol–water partition coefficient (Wildman–Crippen LogP) is 3.36. The average Bonchev–Trinajstić information content (AvgIpc) is 2.39. The van der Waals surface area contributed by atoms with Crippen LogP contribution in [-0.4, -0.2) is 5.78 Å². The Morgan fingerprint density at radius 2 is 1.95 bits per heavy atom. The van der Waals surface area contributed by atoms with Crippen molar-refractivity contribution in [2.24, 2.45) is 0 Å². The number of carbonyl (C=O) groups excluding carboxylic acids is 1. The van der Waals surface area contributed by atoms with Crippen molar-refractivity contribution in [1.29, 1.82) is 0 Å². The van der Waals surface area contributed by atoms with E-state index in [2.05, 4.69) is 5.32 Å². The van der Waals surface area contributed by atoms with E-state index in [4.69, 9.17) is 5.73 Å². The van der Waals surface area contributed by atoms with Crippen LogP contribution in [0.1, 0.15) is 22.8 Å². The van der Waals surface area contributed by atoms with E-state index >= 15 is 0 Å². The van der Waals surface area contributed by atoms with Crippen LogP contribution in [0.25, 0.3) is 0 Å². The summed E-state index contributed by atoms with van der Waals surface area (Å²) in [5.74, 6) is -1.36. The second kappa shape index (κ2) is 5.69. The SMILES string of the molecule is CC(=O)c1cc(NCc2ccc(F)cc2F)ccc1N. The molecule has 0 saturated carbocycles. The van der Waals surface area contributed by atoms with Crippen LogP contribution in [0, 0.1) is 11.6 Å². The first-order valence-electron chi connectivity index (χ1n) is 6.05. The van der Waals surface area contributed by atoms with Crippen molar-refractivity contribution >= 4 is 17.2 Å². The van der Waals surface area contributed by atoms with Gasteiger partial charge in [0.1, 0.15) is 11.6 Å². The quantitative estimate of drug-likeness (QED) is 0.665. The van der Waals surface area contributed by atoms with E-state index in [1.165, 1.54) is 19.1 Å². The molecule has 0 aliphatic rings. The molecule has 0 aliphatic carbocycles. The highest BCUT2D eigenvalue weighted by atomic mass is 19.1. The average molecular weight is 276 g/mol. The van der Waals surface area contributed by atoms with Crippen molar-refractivity contribution in [2.45, 2.75) is 13.5 Å². The first-order chi connectivity index (χ1) is 9.47. The first-order valence-corrected chi connectivity index (χ1v) is 6.05.